The van der Waals surface area contributed by atoms with E-state index in [1.165, 1.54) is 31.2 Å². The van der Waals surface area contributed by atoms with Crippen molar-refractivity contribution in [2.24, 2.45) is 0 Å². The SMILES string of the molecule is Cc1c(Br)ccc(F)c1[C@@H](C)[C@H](NS(=O)(=O)c1ccc(Cl)c2c1OCCC2(C)O)c1n[nH]c(=O)o1. The zero-order valence-electron chi connectivity index (χ0n) is 18.9. The molecule has 9 nitrogen and oxygen atoms in total. The summed E-state index contributed by atoms with van der Waals surface area (Å²) in [5, 5.41) is 16.8. The second-order valence-electron chi connectivity index (χ2n) is 8.53. The number of sulfonamides is 1. The molecule has 1 aromatic heterocycles. The molecule has 3 aromatic rings. The van der Waals surface area contributed by atoms with Crippen LogP contribution in [0.2, 0.25) is 5.02 Å². The summed E-state index contributed by atoms with van der Waals surface area (Å²) in [6.45, 7) is 4.85. The molecule has 0 spiro atoms. The van der Waals surface area contributed by atoms with Gasteiger partial charge in [-0.3, -0.25) is 0 Å². The molecule has 2 heterocycles. The van der Waals surface area contributed by atoms with Crippen molar-refractivity contribution >= 4 is 37.6 Å². The predicted molar refractivity (Wildman–Crippen MR) is 129 cm³/mol. The Bertz CT molecular complexity index is 1460. The fourth-order valence-corrected chi connectivity index (χ4v) is 6.36. The van der Waals surface area contributed by atoms with Gasteiger partial charge in [-0.05, 0) is 49.2 Å². The first-order chi connectivity index (χ1) is 16.3. The Kier molecular flexibility index (Phi) is 6.88. The number of fused-ring (bicyclic) bond motifs is 1. The Hall–Kier alpha value is -2.25. The standard InChI is InChI=1S/C22H22BrClFN3O6S/c1-10-12(23)4-6-14(25)16(10)11(2)18(20-26-27-21(29)34-20)28-35(31,32)15-7-5-13(24)17-19(15)33-9-8-22(17,3)30/h4-7,11,18,28,30H,8-9H2,1-3H3,(H,27,29)/t11-,18+,22?/m1/s1. The van der Waals surface area contributed by atoms with Gasteiger partial charge < -0.3 is 14.3 Å². The molecule has 2 aromatic carbocycles. The zero-order chi connectivity index (χ0) is 25.7. The van der Waals surface area contributed by atoms with Crippen LogP contribution in [-0.4, -0.2) is 30.3 Å². The van der Waals surface area contributed by atoms with Crippen LogP contribution in [0, 0.1) is 12.7 Å². The number of nitrogens with zero attached hydrogens (tertiary/aromatic N) is 1. The van der Waals surface area contributed by atoms with Gasteiger partial charge in [0.25, 0.3) is 0 Å². The van der Waals surface area contributed by atoms with Crippen molar-refractivity contribution in [3.63, 3.8) is 0 Å². The lowest BCUT2D eigenvalue weighted by Gasteiger charge is -2.33. The Morgan fingerprint density at radius 3 is 2.71 bits per heavy atom. The van der Waals surface area contributed by atoms with Gasteiger partial charge in [-0.2, -0.15) is 4.72 Å². The van der Waals surface area contributed by atoms with Gasteiger partial charge in [0.15, 0.2) is 0 Å². The smallest absolute Gasteiger partial charge is 0.434 e. The average Bonchev–Trinajstić information content (AvgIpc) is 3.20. The lowest BCUT2D eigenvalue weighted by molar-refractivity contribution is 0.0135. The monoisotopic (exact) mass is 589 g/mol. The second-order valence-corrected chi connectivity index (χ2v) is 11.5. The number of benzene rings is 2. The van der Waals surface area contributed by atoms with E-state index in [1.54, 1.807) is 13.8 Å². The third-order valence-corrected chi connectivity index (χ3v) is 8.73. The maximum atomic E-state index is 14.9. The molecular weight excluding hydrogens is 569 g/mol. The molecule has 0 bridgehead atoms. The molecule has 3 atom stereocenters. The summed E-state index contributed by atoms with van der Waals surface area (Å²) in [5.41, 5.74) is -0.509. The fourth-order valence-electron chi connectivity index (χ4n) is 4.24. The molecule has 4 rings (SSSR count). The van der Waals surface area contributed by atoms with Gasteiger partial charge in [-0.1, -0.05) is 34.5 Å². The van der Waals surface area contributed by atoms with Gasteiger partial charge in [0, 0.05) is 22.4 Å². The second kappa shape index (κ2) is 9.32. The number of H-pyrrole nitrogens is 1. The number of aromatic amines is 1. The minimum absolute atomic E-state index is 0.0688. The highest BCUT2D eigenvalue weighted by Gasteiger charge is 2.39. The first-order valence-corrected chi connectivity index (χ1v) is 13.2. The number of hydrogen-bond acceptors (Lipinski definition) is 7. The van der Waals surface area contributed by atoms with Gasteiger partial charge in [0.1, 0.15) is 22.5 Å². The van der Waals surface area contributed by atoms with Gasteiger partial charge in [-0.25, -0.2) is 22.7 Å². The van der Waals surface area contributed by atoms with Crippen molar-refractivity contribution in [2.75, 3.05) is 6.61 Å². The van der Waals surface area contributed by atoms with E-state index in [1.807, 2.05) is 0 Å². The summed E-state index contributed by atoms with van der Waals surface area (Å²) in [6.07, 6.45) is 0.218. The summed E-state index contributed by atoms with van der Waals surface area (Å²) >= 11 is 9.63. The van der Waals surface area contributed by atoms with E-state index in [-0.39, 0.29) is 45.7 Å². The number of rotatable bonds is 6. The molecule has 1 unspecified atom stereocenters. The summed E-state index contributed by atoms with van der Waals surface area (Å²) < 4.78 is 55.9. The van der Waals surface area contributed by atoms with Gasteiger partial charge in [0.05, 0.1) is 17.2 Å². The van der Waals surface area contributed by atoms with Crippen molar-refractivity contribution < 1.29 is 27.1 Å². The molecule has 188 valence electrons. The summed E-state index contributed by atoms with van der Waals surface area (Å²) in [7, 11) is -4.39. The highest BCUT2D eigenvalue weighted by Crippen LogP contribution is 2.45. The van der Waals surface area contributed by atoms with Crippen LogP contribution < -0.4 is 15.2 Å². The van der Waals surface area contributed by atoms with Crippen molar-refractivity contribution in [3.05, 3.63) is 72.7 Å². The van der Waals surface area contributed by atoms with Crippen molar-refractivity contribution in [1.82, 2.24) is 14.9 Å². The zero-order valence-corrected chi connectivity index (χ0v) is 22.0. The van der Waals surface area contributed by atoms with E-state index >= 15 is 0 Å². The lowest BCUT2D eigenvalue weighted by atomic mass is 9.90. The summed E-state index contributed by atoms with van der Waals surface area (Å²) in [6, 6.07) is 4.11. The number of nitrogens with one attached hydrogen (secondary N) is 2. The molecule has 1 aliphatic rings. The van der Waals surface area contributed by atoms with Crippen LogP contribution in [-0.2, 0) is 15.6 Å². The molecule has 35 heavy (non-hydrogen) atoms. The van der Waals surface area contributed by atoms with Crippen LogP contribution in [0.5, 0.6) is 5.75 Å². The fraction of sp³-hybridized carbons (Fsp3) is 0.364. The van der Waals surface area contributed by atoms with Crippen LogP contribution in [0.15, 0.2) is 42.8 Å². The largest absolute Gasteiger partial charge is 0.492 e. The van der Waals surface area contributed by atoms with E-state index in [0.29, 0.717) is 10.0 Å². The highest BCUT2D eigenvalue weighted by molar-refractivity contribution is 9.10. The Labute approximate surface area is 213 Å². The topological polar surface area (TPSA) is 135 Å². The number of aliphatic hydroxyl groups is 1. The van der Waals surface area contributed by atoms with Crippen LogP contribution in [0.25, 0.3) is 0 Å². The minimum atomic E-state index is -4.39. The van der Waals surface area contributed by atoms with Crippen LogP contribution in [0.1, 0.15) is 54.8 Å². The first kappa shape index (κ1) is 25.8. The molecule has 1 aliphatic heterocycles. The molecule has 13 heteroatoms. The van der Waals surface area contributed by atoms with Gasteiger partial charge in [-0.15, -0.1) is 5.10 Å². The molecule has 0 radical (unpaired) electrons. The Morgan fingerprint density at radius 2 is 2.06 bits per heavy atom. The summed E-state index contributed by atoms with van der Waals surface area (Å²) in [5.74, 6) is -2.68. The molecule has 0 aliphatic carbocycles. The van der Waals surface area contributed by atoms with Gasteiger partial charge >= 0.3 is 5.76 Å². The average molecular weight is 591 g/mol. The lowest BCUT2D eigenvalue weighted by Crippen LogP contribution is -2.35. The van der Waals surface area contributed by atoms with Crippen LogP contribution in [0.4, 0.5) is 4.39 Å². The molecule has 3 N–H and O–H groups in total. The number of aromatic nitrogens is 2. The molecule has 0 fully saturated rings. The quantitative estimate of drug-likeness (QED) is 0.394. The Morgan fingerprint density at radius 1 is 1.34 bits per heavy atom. The summed E-state index contributed by atoms with van der Waals surface area (Å²) in [4.78, 5) is 11.4. The maximum Gasteiger partial charge on any atom is 0.434 e. The van der Waals surface area contributed by atoms with Crippen LogP contribution >= 0.6 is 27.5 Å². The van der Waals surface area contributed by atoms with Crippen molar-refractivity contribution in [3.8, 4) is 5.75 Å². The third-order valence-electron chi connectivity index (χ3n) is 6.09. The van der Waals surface area contributed by atoms with Gasteiger partial charge in [0.2, 0.25) is 15.9 Å². The Balaban J connectivity index is 1.84. The van der Waals surface area contributed by atoms with E-state index in [2.05, 4.69) is 30.8 Å². The first-order valence-electron chi connectivity index (χ1n) is 10.5. The van der Waals surface area contributed by atoms with E-state index in [0.717, 1.165) is 0 Å². The highest BCUT2D eigenvalue weighted by atomic mass is 79.9. The normalized spacial score (nSPS) is 19.6. The predicted octanol–water partition coefficient (Wildman–Crippen LogP) is 4.04. The van der Waals surface area contributed by atoms with E-state index in [4.69, 9.17) is 20.8 Å². The molecular formula is C22H22BrClFN3O6S. The van der Waals surface area contributed by atoms with Crippen LogP contribution in [0.3, 0.4) is 0 Å². The molecule has 0 saturated heterocycles. The van der Waals surface area contributed by atoms with Crippen molar-refractivity contribution in [1.29, 1.82) is 0 Å². The molecule has 0 amide bonds. The van der Waals surface area contributed by atoms with E-state index < -0.39 is 39.2 Å². The third kappa shape index (κ3) is 4.77. The van der Waals surface area contributed by atoms with E-state index in [9.17, 15) is 22.7 Å². The van der Waals surface area contributed by atoms with Crippen molar-refractivity contribution in [2.45, 2.75) is 49.6 Å². The molecule has 0 saturated carbocycles. The minimum Gasteiger partial charge on any atom is -0.492 e. The number of ether oxygens (including phenoxy) is 1. The number of halogens is 3. The maximum absolute atomic E-state index is 14.9. The number of hydrogen-bond donors (Lipinski definition) is 3.